The average Bonchev–Trinajstić information content (AvgIpc) is 2.96. The maximum atomic E-state index is 12.3. The normalized spacial score (nSPS) is 15.8. The maximum absolute atomic E-state index is 12.3. The van der Waals surface area contributed by atoms with Gasteiger partial charge in [0.1, 0.15) is 17.3 Å². The Balaban J connectivity index is 1.86. The molecule has 1 heterocycles. The summed E-state index contributed by atoms with van der Waals surface area (Å²) in [7, 11) is 0. The van der Waals surface area contributed by atoms with E-state index in [0.29, 0.717) is 18.1 Å². The molecule has 1 aliphatic rings. The van der Waals surface area contributed by atoms with Gasteiger partial charge in [-0.15, -0.1) is 0 Å². The second-order valence-corrected chi connectivity index (χ2v) is 7.28. The van der Waals surface area contributed by atoms with Crippen LogP contribution in [0.2, 0.25) is 0 Å². The van der Waals surface area contributed by atoms with Crippen molar-refractivity contribution >= 4 is 17.8 Å². The smallest absolute Gasteiger partial charge is 0.275 e. The fourth-order valence-corrected chi connectivity index (χ4v) is 2.75. The lowest BCUT2D eigenvalue weighted by Crippen LogP contribution is -2.24. The first kappa shape index (κ1) is 17.9. The van der Waals surface area contributed by atoms with Crippen LogP contribution in [0.25, 0.3) is 6.08 Å². The minimum absolute atomic E-state index is 0.0932. The summed E-state index contributed by atoms with van der Waals surface area (Å²) < 4.78 is 5.50. The highest BCUT2D eigenvalue weighted by molar-refractivity contribution is 6.19. The van der Waals surface area contributed by atoms with Gasteiger partial charge in [0.2, 0.25) is 0 Å². The van der Waals surface area contributed by atoms with Crippen LogP contribution in [0.15, 0.2) is 59.2 Å². The standard InChI is InChI=1S/C22H24N2O2/c1-5-26-18-8-6-7-15(13-18)14-19-21(25)24-20(23-19)16-9-11-17(12-10-16)22(2,3)4/h6-14H,5H2,1-4H3,(H,23,24,25)/b19-14+. The number of ether oxygens (including phenoxy) is 1. The summed E-state index contributed by atoms with van der Waals surface area (Å²) in [6, 6.07) is 15.8. The van der Waals surface area contributed by atoms with Crippen molar-refractivity contribution in [1.29, 1.82) is 0 Å². The molecule has 0 aliphatic carbocycles. The van der Waals surface area contributed by atoms with Crippen LogP contribution in [0.5, 0.6) is 5.75 Å². The van der Waals surface area contributed by atoms with Gasteiger partial charge < -0.3 is 10.1 Å². The van der Waals surface area contributed by atoms with Gasteiger partial charge in [-0.2, -0.15) is 0 Å². The average molecular weight is 348 g/mol. The lowest BCUT2D eigenvalue weighted by Gasteiger charge is -2.19. The molecule has 2 aromatic carbocycles. The number of hydrogen-bond acceptors (Lipinski definition) is 3. The Bertz CT molecular complexity index is 872. The van der Waals surface area contributed by atoms with Crippen molar-refractivity contribution < 1.29 is 9.53 Å². The third-order valence-electron chi connectivity index (χ3n) is 4.19. The van der Waals surface area contributed by atoms with E-state index in [4.69, 9.17) is 4.74 Å². The Morgan fingerprint density at radius 1 is 1.12 bits per heavy atom. The molecule has 0 saturated heterocycles. The number of rotatable bonds is 4. The highest BCUT2D eigenvalue weighted by Crippen LogP contribution is 2.23. The number of nitrogens with one attached hydrogen (secondary N) is 1. The molecular weight excluding hydrogens is 324 g/mol. The third kappa shape index (κ3) is 4.02. The van der Waals surface area contributed by atoms with E-state index in [9.17, 15) is 4.79 Å². The van der Waals surface area contributed by atoms with Crippen LogP contribution < -0.4 is 10.1 Å². The van der Waals surface area contributed by atoms with Gasteiger partial charge in [0, 0.05) is 5.56 Å². The first-order valence-corrected chi connectivity index (χ1v) is 8.82. The van der Waals surface area contributed by atoms with Gasteiger partial charge in [0.15, 0.2) is 0 Å². The van der Waals surface area contributed by atoms with Gasteiger partial charge in [-0.25, -0.2) is 4.99 Å². The predicted octanol–water partition coefficient (Wildman–Crippen LogP) is 4.30. The lowest BCUT2D eigenvalue weighted by molar-refractivity contribution is -0.115. The van der Waals surface area contributed by atoms with Crippen molar-refractivity contribution in [3.05, 3.63) is 70.9 Å². The van der Waals surface area contributed by atoms with Crippen molar-refractivity contribution in [2.24, 2.45) is 4.99 Å². The first-order valence-electron chi connectivity index (χ1n) is 8.82. The molecule has 0 fully saturated rings. The minimum Gasteiger partial charge on any atom is -0.494 e. The SMILES string of the molecule is CCOc1cccc(/C=C2/N=C(c3ccc(C(C)(C)C)cc3)NC2=O)c1. The first-order chi connectivity index (χ1) is 12.4. The van der Waals surface area contributed by atoms with Crippen molar-refractivity contribution in [3.63, 3.8) is 0 Å². The molecule has 0 saturated carbocycles. The minimum atomic E-state index is -0.193. The maximum Gasteiger partial charge on any atom is 0.275 e. The van der Waals surface area contributed by atoms with E-state index in [0.717, 1.165) is 16.9 Å². The highest BCUT2D eigenvalue weighted by Gasteiger charge is 2.22. The van der Waals surface area contributed by atoms with Gasteiger partial charge in [-0.3, -0.25) is 4.79 Å². The molecule has 0 unspecified atom stereocenters. The Hall–Kier alpha value is -2.88. The number of amidine groups is 1. The van der Waals surface area contributed by atoms with Crippen LogP contribution in [0.4, 0.5) is 0 Å². The van der Waals surface area contributed by atoms with Gasteiger partial charge in [0.05, 0.1) is 6.61 Å². The summed E-state index contributed by atoms with van der Waals surface area (Å²) in [4.78, 5) is 16.8. The Labute approximate surface area is 154 Å². The van der Waals surface area contributed by atoms with Crippen LogP contribution in [0, 0.1) is 0 Å². The zero-order valence-corrected chi connectivity index (χ0v) is 15.7. The van der Waals surface area contributed by atoms with Gasteiger partial charge in [-0.1, -0.05) is 57.2 Å². The molecule has 3 rings (SSSR count). The van der Waals surface area contributed by atoms with E-state index in [-0.39, 0.29) is 11.3 Å². The summed E-state index contributed by atoms with van der Waals surface area (Å²) in [5, 5.41) is 2.85. The summed E-state index contributed by atoms with van der Waals surface area (Å²) in [6.07, 6.45) is 1.77. The van der Waals surface area contributed by atoms with E-state index >= 15 is 0 Å². The summed E-state index contributed by atoms with van der Waals surface area (Å²) in [5.41, 5.74) is 3.52. The number of aliphatic imine (C=N–C) groups is 1. The molecule has 1 aliphatic heterocycles. The Morgan fingerprint density at radius 3 is 2.50 bits per heavy atom. The highest BCUT2D eigenvalue weighted by atomic mass is 16.5. The number of nitrogens with zero attached hydrogens (tertiary/aromatic N) is 1. The van der Waals surface area contributed by atoms with E-state index in [1.165, 1.54) is 5.56 Å². The van der Waals surface area contributed by atoms with Crippen molar-refractivity contribution in [2.75, 3.05) is 6.61 Å². The van der Waals surface area contributed by atoms with E-state index in [1.54, 1.807) is 6.08 Å². The molecule has 0 atom stereocenters. The quantitative estimate of drug-likeness (QED) is 0.838. The monoisotopic (exact) mass is 348 g/mol. The van der Waals surface area contributed by atoms with Crippen LogP contribution in [0.3, 0.4) is 0 Å². The molecule has 0 spiro atoms. The van der Waals surface area contributed by atoms with E-state index in [1.807, 2.05) is 43.3 Å². The predicted molar refractivity (Wildman–Crippen MR) is 105 cm³/mol. The largest absolute Gasteiger partial charge is 0.494 e. The number of carbonyl (C=O) groups excluding carboxylic acids is 1. The summed E-state index contributed by atoms with van der Waals surface area (Å²) >= 11 is 0. The Kier molecular flexibility index (Phi) is 4.94. The van der Waals surface area contributed by atoms with Gasteiger partial charge in [-0.05, 0) is 41.7 Å². The molecule has 0 radical (unpaired) electrons. The van der Waals surface area contributed by atoms with Crippen LogP contribution >= 0.6 is 0 Å². The number of benzene rings is 2. The fraction of sp³-hybridized carbons (Fsp3) is 0.273. The van der Waals surface area contributed by atoms with Crippen molar-refractivity contribution in [2.45, 2.75) is 33.1 Å². The van der Waals surface area contributed by atoms with Crippen LogP contribution in [-0.2, 0) is 10.2 Å². The molecule has 0 aromatic heterocycles. The number of carbonyl (C=O) groups is 1. The fourth-order valence-electron chi connectivity index (χ4n) is 2.75. The van der Waals surface area contributed by atoms with Crippen molar-refractivity contribution in [3.8, 4) is 5.75 Å². The topological polar surface area (TPSA) is 50.7 Å². The molecule has 4 nitrogen and oxygen atoms in total. The lowest BCUT2D eigenvalue weighted by atomic mass is 9.86. The molecule has 4 heteroatoms. The van der Waals surface area contributed by atoms with Crippen LogP contribution in [-0.4, -0.2) is 18.3 Å². The number of hydrogen-bond donors (Lipinski definition) is 1. The second-order valence-electron chi connectivity index (χ2n) is 7.28. The van der Waals surface area contributed by atoms with Gasteiger partial charge in [0.25, 0.3) is 5.91 Å². The number of amides is 1. The molecular formula is C22H24N2O2. The third-order valence-corrected chi connectivity index (χ3v) is 4.19. The zero-order valence-electron chi connectivity index (χ0n) is 15.7. The van der Waals surface area contributed by atoms with Crippen LogP contribution in [0.1, 0.15) is 44.4 Å². The Morgan fingerprint density at radius 2 is 1.85 bits per heavy atom. The molecule has 134 valence electrons. The zero-order chi connectivity index (χ0) is 18.7. The summed E-state index contributed by atoms with van der Waals surface area (Å²) in [6.45, 7) is 9.07. The molecule has 26 heavy (non-hydrogen) atoms. The van der Waals surface area contributed by atoms with Crippen molar-refractivity contribution in [1.82, 2.24) is 5.32 Å². The molecule has 0 bridgehead atoms. The van der Waals surface area contributed by atoms with Gasteiger partial charge >= 0.3 is 0 Å². The molecule has 1 N–H and O–H groups in total. The van der Waals surface area contributed by atoms with E-state index < -0.39 is 0 Å². The summed E-state index contributed by atoms with van der Waals surface area (Å²) in [5.74, 6) is 1.17. The second kappa shape index (κ2) is 7.16. The van der Waals surface area contributed by atoms with E-state index in [2.05, 4.69) is 43.2 Å². The molecule has 1 amide bonds. The molecule has 2 aromatic rings.